The van der Waals surface area contributed by atoms with Crippen LogP contribution in [0.25, 0.3) is 0 Å². The molecule has 110 valence electrons. The Morgan fingerprint density at radius 2 is 1.82 bits per heavy atom. The minimum atomic E-state index is -0.142. The van der Waals surface area contributed by atoms with Crippen LogP contribution in [0.15, 0.2) is 36.4 Å². The molecule has 1 aliphatic rings. The van der Waals surface area contributed by atoms with E-state index in [0.29, 0.717) is 28.4 Å². The minimum absolute atomic E-state index is 0.142. The van der Waals surface area contributed by atoms with Crippen molar-refractivity contribution in [3.05, 3.63) is 47.5 Å². The van der Waals surface area contributed by atoms with Gasteiger partial charge >= 0.3 is 0 Å². The predicted molar refractivity (Wildman–Crippen MR) is 83.7 cm³/mol. The van der Waals surface area contributed by atoms with Crippen LogP contribution in [0.1, 0.15) is 18.1 Å². The van der Waals surface area contributed by atoms with Crippen molar-refractivity contribution in [1.82, 2.24) is 0 Å². The van der Waals surface area contributed by atoms with Gasteiger partial charge in [0.05, 0.1) is 16.9 Å². The van der Waals surface area contributed by atoms with Crippen molar-refractivity contribution in [3.63, 3.8) is 0 Å². The molecule has 0 spiro atoms. The summed E-state index contributed by atoms with van der Waals surface area (Å²) >= 11 is 0. The van der Waals surface area contributed by atoms with E-state index in [1.807, 2.05) is 18.2 Å². The molecule has 5 heteroatoms. The Kier molecular flexibility index (Phi) is 3.58. The summed E-state index contributed by atoms with van der Waals surface area (Å²) in [6.07, 6.45) is 0. The Morgan fingerprint density at radius 1 is 1.14 bits per heavy atom. The third-order valence-electron chi connectivity index (χ3n) is 3.11. The molecule has 3 rings (SSSR count). The van der Waals surface area contributed by atoms with Crippen LogP contribution in [0.2, 0.25) is 0 Å². The number of anilines is 2. The van der Waals surface area contributed by atoms with Gasteiger partial charge < -0.3 is 20.5 Å². The molecule has 22 heavy (non-hydrogen) atoms. The van der Waals surface area contributed by atoms with E-state index in [2.05, 4.69) is 17.2 Å². The molecule has 0 saturated carbocycles. The fraction of sp³-hybridized carbons (Fsp3) is 0.118. The molecule has 1 heterocycles. The van der Waals surface area contributed by atoms with Gasteiger partial charge in [-0.3, -0.25) is 4.79 Å². The summed E-state index contributed by atoms with van der Waals surface area (Å²) < 4.78 is 10.6. The molecule has 0 saturated heterocycles. The second kappa shape index (κ2) is 5.70. The molecule has 0 atom stereocenters. The number of hydrogen-bond acceptors (Lipinski definition) is 4. The Hall–Kier alpha value is -3.13. The number of nitrogens with one attached hydrogen (secondary N) is 1. The molecule has 1 aliphatic heterocycles. The number of carbonyl (C=O) groups excluding carboxylic acids is 1. The molecule has 3 N–H and O–H groups in total. The van der Waals surface area contributed by atoms with E-state index in [-0.39, 0.29) is 12.7 Å². The Bertz CT molecular complexity index is 803. The van der Waals surface area contributed by atoms with Crippen LogP contribution in [-0.4, -0.2) is 12.7 Å². The lowest BCUT2D eigenvalue weighted by atomic mass is 10.1. The number of nitrogens with two attached hydrogens (primary N) is 1. The number of ether oxygens (including phenoxy) is 2. The molecule has 0 aromatic heterocycles. The fourth-order valence-electron chi connectivity index (χ4n) is 2.09. The second-order valence-corrected chi connectivity index (χ2v) is 4.77. The van der Waals surface area contributed by atoms with Gasteiger partial charge in [-0.05, 0) is 12.1 Å². The normalized spacial score (nSPS) is 11.5. The zero-order chi connectivity index (χ0) is 15.5. The van der Waals surface area contributed by atoms with E-state index in [0.717, 1.165) is 5.56 Å². The zero-order valence-electron chi connectivity index (χ0n) is 12.0. The SMILES string of the molecule is CC(=O)Nc1ccccc1C#Cc1cc2c(cc1N)OCO2. The van der Waals surface area contributed by atoms with Crippen LogP contribution in [0.5, 0.6) is 11.5 Å². The van der Waals surface area contributed by atoms with Gasteiger partial charge in [0.25, 0.3) is 0 Å². The van der Waals surface area contributed by atoms with E-state index < -0.39 is 0 Å². The molecular weight excluding hydrogens is 280 g/mol. The number of hydrogen-bond donors (Lipinski definition) is 2. The first-order valence-electron chi connectivity index (χ1n) is 6.71. The van der Waals surface area contributed by atoms with Crippen LogP contribution in [0.4, 0.5) is 11.4 Å². The number of para-hydroxylation sites is 1. The summed E-state index contributed by atoms with van der Waals surface area (Å²) in [6.45, 7) is 1.65. The third-order valence-corrected chi connectivity index (χ3v) is 3.11. The molecule has 0 bridgehead atoms. The van der Waals surface area contributed by atoms with Crippen LogP contribution in [0.3, 0.4) is 0 Å². The first-order valence-corrected chi connectivity index (χ1v) is 6.71. The zero-order valence-corrected chi connectivity index (χ0v) is 12.0. The molecule has 0 unspecified atom stereocenters. The first kappa shape index (κ1) is 13.8. The van der Waals surface area contributed by atoms with Gasteiger partial charge in [-0.1, -0.05) is 24.0 Å². The number of nitrogen functional groups attached to an aromatic ring is 1. The van der Waals surface area contributed by atoms with Crippen molar-refractivity contribution < 1.29 is 14.3 Å². The lowest BCUT2D eigenvalue weighted by Gasteiger charge is -2.04. The van der Waals surface area contributed by atoms with Crippen LogP contribution in [0, 0.1) is 11.8 Å². The average Bonchev–Trinajstić information content (AvgIpc) is 2.92. The van der Waals surface area contributed by atoms with Crippen molar-refractivity contribution in [2.75, 3.05) is 17.8 Å². The lowest BCUT2D eigenvalue weighted by molar-refractivity contribution is -0.114. The smallest absolute Gasteiger partial charge is 0.231 e. The summed E-state index contributed by atoms with van der Waals surface area (Å²) in [5.74, 6) is 7.15. The predicted octanol–water partition coefficient (Wildman–Crippen LogP) is 2.36. The number of benzene rings is 2. The van der Waals surface area contributed by atoms with Gasteiger partial charge in [0.2, 0.25) is 12.7 Å². The molecular formula is C17H14N2O3. The highest BCUT2D eigenvalue weighted by molar-refractivity contribution is 5.90. The number of fused-ring (bicyclic) bond motifs is 1. The lowest BCUT2D eigenvalue weighted by Crippen LogP contribution is -2.06. The quantitative estimate of drug-likeness (QED) is 0.625. The fourth-order valence-corrected chi connectivity index (χ4v) is 2.09. The summed E-state index contributed by atoms with van der Waals surface area (Å²) in [5, 5.41) is 2.75. The van der Waals surface area contributed by atoms with E-state index in [9.17, 15) is 4.79 Å². The maximum atomic E-state index is 11.2. The summed E-state index contributed by atoms with van der Waals surface area (Å²) in [7, 11) is 0. The third kappa shape index (κ3) is 2.81. The Balaban J connectivity index is 1.95. The van der Waals surface area contributed by atoms with Gasteiger partial charge in [-0.15, -0.1) is 0 Å². The van der Waals surface area contributed by atoms with Crippen molar-refractivity contribution in [2.24, 2.45) is 0 Å². The van der Waals surface area contributed by atoms with Gasteiger partial charge in [0.15, 0.2) is 11.5 Å². The molecule has 1 amide bonds. The van der Waals surface area contributed by atoms with E-state index in [1.165, 1.54) is 6.92 Å². The average molecular weight is 294 g/mol. The molecule has 2 aromatic carbocycles. The molecule has 2 aromatic rings. The largest absolute Gasteiger partial charge is 0.454 e. The van der Waals surface area contributed by atoms with E-state index in [4.69, 9.17) is 15.2 Å². The standard InChI is InChI=1S/C17H14N2O3/c1-11(20)19-15-5-3-2-4-12(15)6-7-13-8-16-17(9-14(13)18)22-10-21-16/h2-5,8-9H,10,18H2,1H3,(H,19,20). The molecule has 5 nitrogen and oxygen atoms in total. The van der Waals surface area contributed by atoms with Crippen molar-refractivity contribution in [1.29, 1.82) is 0 Å². The van der Waals surface area contributed by atoms with Crippen LogP contribution >= 0.6 is 0 Å². The number of rotatable bonds is 1. The molecule has 0 aliphatic carbocycles. The maximum absolute atomic E-state index is 11.2. The highest BCUT2D eigenvalue weighted by Gasteiger charge is 2.15. The van der Waals surface area contributed by atoms with Crippen LogP contribution < -0.4 is 20.5 Å². The topological polar surface area (TPSA) is 73.6 Å². The highest BCUT2D eigenvalue weighted by atomic mass is 16.7. The minimum Gasteiger partial charge on any atom is -0.454 e. The van der Waals surface area contributed by atoms with E-state index >= 15 is 0 Å². The Morgan fingerprint density at radius 3 is 2.59 bits per heavy atom. The van der Waals surface area contributed by atoms with Gasteiger partial charge in [-0.25, -0.2) is 0 Å². The number of amides is 1. The van der Waals surface area contributed by atoms with Crippen molar-refractivity contribution in [3.8, 4) is 23.3 Å². The van der Waals surface area contributed by atoms with E-state index in [1.54, 1.807) is 18.2 Å². The monoisotopic (exact) mass is 294 g/mol. The second-order valence-electron chi connectivity index (χ2n) is 4.77. The van der Waals surface area contributed by atoms with Gasteiger partial charge in [-0.2, -0.15) is 0 Å². The summed E-state index contributed by atoms with van der Waals surface area (Å²) in [4.78, 5) is 11.2. The summed E-state index contributed by atoms with van der Waals surface area (Å²) in [5.41, 5.74) is 8.53. The Labute approximate surface area is 128 Å². The van der Waals surface area contributed by atoms with Gasteiger partial charge in [0, 0.05) is 24.6 Å². The summed E-state index contributed by atoms with van der Waals surface area (Å²) in [6, 6.07) is 10.8. The van der Waals surface area contributed by atoms with Crippen molar-refractivity contribution in [2.45, 2.75) is 6.92 Å². The number of carbonyl (C=O) groups is 1. The molecule has 0 radical (unpaired) electrons. The van der Waals surface area contributed by atoms with Crippen molar-refractivity contribution >= 4 is 17.3 Å². The molecule has 0 fully saturated rings. The van der Waals surface area contributed by atoms with Crippen LogP contribution in [-0.2, 0) is 4.79 Å². The van der Waals surface area contributed by atoms with Gasteiger partial charge in [0.1, 0.15) is 0 Å². The maximum Gasteiger partial charge on any atom is 0.231 e. The highest BCUT2D eigenvalue weighted by Crippen LogP contribution is 2.35. The first-order chi connectivity index (χ1) is 10.6.